The zero-order valence-electron chi connectivity index (χ0n) is 23.6. The van der Waals surface area contributed by atoms with Crippen molar-refractivity contribution >= 4 is 36.0 Å². The summed E-state index contributed by atoms with van der Waals surface area (Å²) in [5.41, 5.74) is 1.39. The van der Waals surface area contributed by atoms with Gasteiger partial charge in [-0.1, -0.05) is 37.4 Å². The van der Waals surface area contributed by atoms with Crippen LogP contribution < -0.4 is 9.47 Å². The molecule has 0 amide bonds. The number of esters is 4. The van der Waals surface area contributed by atoms with Crippen molar-refractivity contribution < 1.29 is 56.4 Å². The van der Waals surface area contributed by atoms with Gasteiger partial charge < -0.3 is 28.4 Å². The fourth-order valence-electron chi connectivity index (χ4n) is 3.81. The Hall–Kier alpha value is -5.26. The zero-order valence-corrected chi connectivity index (χ0v) is 23.6. The molecule has 1 aliphatic carbocycles. The molecule has 0 N–H and O–H groups in total. The van der Waals surface area contributed by atoms with E-state index in [0.717, 1.165) is 0 Å². The third kappa shape index (κ3) is 11.9. The summed E-state index contributed by atoms with van der Waals surface area (Å²) in [4.78, 5) is 46.5. The van der Waals surface area contributed by atoms with Gasteiger partial charge in [-0.25, -0.2) is 19.2 Å². The Morgan fingerprint density at radius 2 is 0.977 bits per heavy atom. The molecule has 44 heavy (non-hydrogen) atoms. The summed E-state index contributed by atoms with van der Waals surface area (Å²) in [5.74, 6) is -5.09. The fraction of sp³-hybridized carbons (Fsp3) is 0.250. The lowest BCUT2D eigenvalue weighted by Gasteiger charge is -2.27. The molecule has 2 aromatic rings. The highest BCUT2D eigenvalue weighted by molar-refractivity contribution is 5.88. The number of hydrogen-bond acceptors (Lipinski definition) is 10. The van der Waals surface area contributed by atoms with Crippen LogP contribution in [-0.4, -0.2) is 49.7 Å². The number of carbonyl (C=O) groups is 4. The first kappa shape index (κ1) is 33.2. The predicted molar refractivity (Wildman–Crippen MR) is 153 cm³/mol. The van der Waals surface area contributed by atoms with Crippen LogP contribution in [0.15, 0.2) is 85.5 Å². The summed E-state index contributed by atoms with van der Waals surface area (Å²) in [5, 5.41) is 0. The molecule has 232 valence electrons. The maximum absolute atomic E-state index is 12.6. The number of hydrogen-bond donors (Lipinski definition) is 0. The molecule has 2 aromatic carbocycles. The van der Waals surface area contributed by atoms with Gasteiger partial charge in [-0.2, -0.15) is 8.78 Å². The molecule has 0 unspecified atom stereocenters. The molecule has 1 fully saturated rings. The van der Waals surface area contributed by atoms with Crippen LogP contribution in [0.5, 0.6) is 11.5 Å². The normalized spacial score (nSPS) is 16.1. The number of carbonyl (C=O) groups excluding carboxylic acids is 4. The van der Waals surface area contributed by atoms with E-state index < -0.39 is 49.1 Å². The summed E-state index contributed by atoms with van der Waals surface area (Å²) >= 11 is 0. The van der Waals surface area contributed by atoms with Crippen LogP contribution >= 0.6 is 0 Å². The Morgan fingerprint density at radius 3 is 1.30 bits per heavy atom. The Kier molecular flexibility index (Phi) is 12.8. The van der Waals surface area contributed by atoms with Crippen molar-refractivity contribution in [1.29, 1.82) is 0 Å². The van der Waals surface area contributed by atoms with Crippen molar-refractivity contribution in [3.63, 3.8) is 0 Å². The second-order valence-corrected chi connectivity index (χ2v) is 9.27. The molecule has 0 saturated heterocycles. The molecule has 1 saturated carbocycles. The van der Waals surface area contributed by atoms with Gasteiger partial charge in [0.05, 0.1) is 0 Å². The first-order chi connectivity index (χ1) is 21.1. The summed E-state index contributed by atoms with van der Waals surface area (Å²) in [6.07, 6.45) is 7.35. The van der Waals surface area contributed by atoms with Crippen molar-refractivity contribution in [1.82, 2.24) is 0 Å². The van der Waals surface area contributed by atoms with Crippen molar-refractivity contribution in [2.45, 2.75) is 37.9 Å². The van der Waals surface area contributed by atoms with Crippen molar-refractivity contribution in [3.8, 4) is 11.5 Å². The number of halogens is 2. The maximum Gasteiger partial charge on any atom is 0.369 e. The minimum absolute atomic E-state index is 0.295. The molecule has 0 radical (unpaired) electrons. The average Bonchev–Trinajstić information content (AvgIpc) is 3.01. The standard InChI is InChI=1S/C32H30F2O10/c1-21(33)31(37)41-19-39-25-9-3-23(4-10-25)7-17-29(35)43-27-13-15-28(16-14-27)44-30(36)18-8-24-5-11-26(12-6-24)40-20-42-32(38)22(2)34/h3-12,17-18,27-28H,1-2,13-16,19-20H2/b17-7-,18-8-. The molecule has 12 heteroatoms. The number of benzene rings is 2. The lowest BCUT2D eigenvalue weighted by molar-refractivity contribution is -0.151. The van der Waals surface area contributed by atoms with Crippen molar-refractivity contribution in [3.05, 3.63) is 96.6 Å². The Morgan fingerprint density at radius 1 is 0.636 bits per heavy atom. The van der Waals surface area contributed by atoms with Crippen LogP contribution in [-0.2, 0) is 38.1 Å². The van der Waals surface area contributed by atoms with E-state index in [1.807, 2.05) is 0 Å². The molecule has 0 spiro atoms. The third-order valence-electron chi connectivity index (χ3n) is 6.05. The van der Waals surface area contributed by atoms with Gasteiger partial charge in [-0.3, -0.25) is 0 Å². The van der Waals surface area contributed by atoms with Gasteiger partial charge in [0.25, 0.3) is 0 Å². The van der Waals surface area contributed by atoms with E-state index in [0.29, 0.717) is 48.3 Å². The highest BCUT2D eigenvalue weighted by Crippen LogP contribution is 2.24. The highest BCUT2D eigenvalue weighted by atomic mass is 19.1. The zero-order chi connectivity index (χ0) is 31.9. The van der Waals surface area contributed by atoms with Gasteiger partial charge in [0.1, 0.15) is 23.7 Å². The smallest absolute Gasteiger partial charge is 0.369 e. The van der Waals surface area contributed by atoms with Crippen LogP contribution in [0.3, 0.4) is 0 Å². The van der Waals surface area contributed by atoms with E-state index in [2.05, 4.69) is 22.6 Å². The van der Waals surface area contributed by atoms with Crippen molar-refractivity contribution in [2.24, 2.45) is 0 Å². The minimum Gasteiger partial charge on any atom is -0.459 e. The van der Waals surface area contributed by atoms with Gasteiger partial charge in [0, 0.05) is 12.2 Å². The monoisotopic (exact) mass is 612 g/mol. The second kappa shape index (κ2) is 17.0. The fourth-order valence-corrected chi connectivity index (χ4v) is 3.81. The first-order valence-corrected chi connectivity index (χ1v) is 13.3. The predicted octanol–water partition coefficient (Wildman–Crippen LogP) is 5.54. The molecule has 0 bridgehead atoms. The average molecular weight is 613 g/mol. The van der Waals surface area contributed by atoms with E-state index in [1.165, 1.54) is 12.2 Å². The molecule has 0 heterocycles. The van der Waals surface area contributed by atoms with E-state index in [-0.39, 0.29) is 12.2 Å². The molecular weight excluding hydrogens is 582 g/mol. The van der Waals surface area contributed by atoms with Crippen LogP contribution in [0.4, 0.5) is 8.78 Å². The van der Waals surface area contributed by atoms with Crippen LogP contribution in [0.1, 0.15) is 36.8 Å². The molecular formula is C32H30F2O10. The van der Waals surface area contributed by atoms with Crippen LogP contribution in [0.25, 0.3) is 12.2 Å². The van der Waals surface area contributed by atoms with E-state index >= 15 is 0 Å². The van der Waals surface area contributed by atoms with Gasteiger partial charge in [0.2, 0.25) is 25.2 Å². The minimum atomic E-state index is -1.22. The third-order valence-corrected chi connectivity index (χ3v) is 6.05. The molecule has 1 aliphatic rings. The van der Waals surface area contributed by atoms with E-state index in [4.69, 9.17) is 18.9 Å². The number of rotatable bonds is 14. The quantitative estimate of drug-likeness (QED) is 0.116. The number of ether oxygens (including phenoxy) is 6. The largest absolute Gasteiger partial charge is 0.459 e. The lowest BCUT2D eigenvalue weighted by atomic mass is 9.95. The maximum atomic E-state index is 12.6. The Labute approximate surface area is 252 Å². The first-order valence-electron chi connectivity index (χ1n) is 13.3. The highest BCUT2D eigenvalue weighted by Gasteiger charge is 2.25. The molecule has 3 rings (SSSR count). The van der Waals surface area contributed by atoms with Crippen molar-refractivity contribution in [2.75, 3.05) is 13.6 Å². The second-order valence-electron chi connectivity index (χ2n) is 9.27. The van der Waals surface area contributed by atoms with E-state index in [9.17, 15) is 28.0 Å². The molecule has 0 atom stereocenters. The summed E-state index contributed by atoms with van der Waals surface area (Å²) in [7, 11) is 0. The summed E-state index contributed by atoms with van der Waals surface area (Å²) in [6, 6.07) is 13.0. The van der Waals surface area contributed by atoms with Gasteiger partial charge >= 0.3 is 23.9 Å². The van der Waals surface area contributed by atoms with E-state index in [1.54, 1.807) is 60.7 Å². The van der Waals surface area contributed by atoms with Crippen LogP contribution in [0, 0.1) is 0 Å². The summed E-state index contributed by atoms with van der Waals surface area (Å²) < 4.78 is 55.5. The molecule has 0 aliphatic heterocycles. The molecule has 10 nitrogen and oxygen atoms in total. The summed E-state index contributed by atoms with van der Waals surface area (Å²) in [6.45, 7) is 4.70. The van der Waals surface area contributed by atoms with Gasteiger partial charge in [-0.15, -0.1) is 0 Å². The Balaban J connectivity index is 1.32. The molecule has 0 aromatic heterocycles. The Bertz CT molecular complexity index is 1280. The lowest BCUT2D eigenvalue weighted by Crippen LogP contribution is -2.29. The van der Waals surface area contributed by atoms with Gasteiger partial charge in [-0.05, 0) is 73.2 Å². The van der Waals surface area contributed by atoms with Gasteiger partial charge in [0.15, 0.2) is 0 Å². The van der Waals surface area contributed by atoms with Crippen LogP contribution in [0.2, 0.25) is 0 Å². The topological polar surface area (TPSA) is 124 Å². The SMILES string of the molecule is C=C(F)C(=O)OCOc1ccc(/C=C\C(=O)OC2CCC(OC(=O)/C=C\c3ccc(OCOC(=O)C(=C)F)cc3)CC2)cc1.